The van der Waals surface area contributed by atoms with Crippen LogP contribution in [0.2, 0.25) is 0 Å². The Labute approximate surface area is 276 Å². The van der Waals surface area contributed by atoms with Crippen molar-refractivity contribution in [1.82, 2.24) is 0 Å². The molecule has 0 saturated heterocycles. The summed E-state index contributed by atoms with van der Waals surface area (Å²) in [7, 11) is 9.40. The van der Waals surface area contributed by atoms with Crippen molar-refractivity contribution in [2.75, 3.05) is 0 Å². The molecule has 0 amide bonds. The van der Waals surface area contributed by atoms with Crippen LogP contribution in [-0.4, -0.2) is 0 Å². The third kappa shape index (κ3) is 5.72. The van der Waals surface area contributed by atoms with E-state index in [1.807, 2.05) is 12.1 Å². The zero-order valence-corrected chi connectivity index (χ0v) is 26.5. The first-order chi connectivity index (χ1) is 22.3. The summed E-state index contributed by atoms with van der Waals surface area (Å²) in [6.07, 6.45) is 0. The van der Waals surface area contributed by atoms with Gasteiger partial charge in [-0.15, -0.1) is 0 Å². The van der Waals surface area contributed by atoms with Gasteiger partial charge in [-0.3, -0.25) is 0 Å². The summed E-state index contributed by atoms with van der Waals surface area (Å²) in [5.41, 5.74) is 6.32. The van der Waals surface area contributed by atoms with E-state index in [9.17, 15) is 0 Å². The van der Waals surface area contributed by atoms with Crippen molar-refractivity contribution >= 4 is 64.1 Å². The maximum absolute atomic E-state index is 5.47. The van der Waals surface area contributed by atoms with Crippen molar-refractivity contribution in [2.24, 2.45) is 9.98 Å². The monoisotopic (exact) mass is 662 g/mol. The van der Waals surface area contributed by atoms with Crippen LogP contribution in [0.3, 0.4) is 0 Å². The molecule has 0 aromatic heterocycles. The van der Waals surface area contributed by atoms with E-state index in [1.165, 1.54) is 21.5 Å². The third-order valence-electron chi connectivity index (χ3n) is 8.06. The molecule has 8 rings (SSSR count). The first-order valence-electron chi connectivity index (χ1n) is 14.5. The summed E-state index contributed by atoms with van der Waals surface area (Å²) < 4.78 is 0. The molecule has 2 nitrogen and oxygen atoms in total. The van der Waals surface area contributed by atoms with E-state index in [-0.39, 0.29) is 0 Å². The Bertz CT molecular complexity index is 2210. The smallest absolute Gasteiger partial charge is 0.0979 e. The molecule has 45 heavy (non-hydrogen) atoms. The van der Waals surface area contributed by atoms with Crippen molar-refractivity contribution in [2.45, 2.75) is 0 Å². The molecular weight excluding hydrogens is 638 g/mol. The minimum absolute atomic E-state index is 0.569. The third-order valence-corrected chi connectivity index (χ3v) is 8.06. The van der Waals surface area contributed by atoms with Crippen LogP contribution in [0.15, 0.2) is 168 Å². The number of rotatable bonds is 4. The Hall–Kier alpha value is -4.53. The van der Waals surface area contributed by atoms with Crippen LogP contribution >= 0.6 is 20.4 Å². The molecule has 0 N–H and O–H groups in total. The second-order valence-corrected chi connectivity index (χ2v) is 12.2. The minimum atomic E-state index is 0.569. The summed E-state index contributed by atoms with van der Waals surface area (Å²) in [6.45, 7) is 0. The SMILES string of the molecule is [Cl][Ni][Cl].c1ccc(-c2ccccc2N=c2c(=Nc3ccccc3-c3ccccc3)c3cccc4ccc5cccc2c5c43)cc1. The summed E-state index contributed by atoms with van der Waals surface area (Å²) in [6, 6.07) is 55.2. The summed E-state index contributed by atoms with van der Waals surface area (Å²) in [4.78, 5) is 10.9. The number of halogens is 2. The maximum Gasteiger partial charge on any atom is 0.0979 e. The molecule has 0 aliphatic carbocycles. The Kier molecular flexibility index (Phi) is 8.58. The predicted octanol–water partition coefficient (Wildman–Crippen LogP) is 11.2. The van der Waals surface area contributed by atoms with E-state index < -0.39 is 0 Å². The van der Waals surface area contributed by atoms with Crippen LogP contribution in [-0.2, 0) is 12.7 Å². The number of nitrogens with zero attached hydrogens (tertiary/aromatic N) is 2. The number of hydrogen-bond acceptors (Lipinski definition) is 2. The number of benzene rings is 8. The molecule has 220 valence electrons. The van der Waals surface area contributed by atoms with E-state index in [2.05, 4.69) is 146 Å². The quantitative estimate of drug-likeness (QED) is 0.132. The molecule has 5 heteroatoms. The molecule has 0 fully saturated rings. The van der Waals surface area contributed by atoms with Crippen molar-refractivity contribution in [3.63, 3.8) is 0 Å². The molecule has 8 aromatic carbocycles. The molecule has 0 atom stereocenters. The predicted molar refractivity (Wildman–Crippen MR) is 187 cm³/mol. The number of para-hydroxylation sites is 2. The largest absolute Gasteiger partial charge is 0.245 e. The Balaban J connectivity index is 0.00000104. The fourth-order valence-electron chi connectivity index (χ4n) is 6.14. The van der Waals surface area contributed by atoms with Gasteiger partial charge in [0.2, 0.25) is 0 Å². The van der Waals surface area contributed by atoms with Gasteiger partial charge in [-0.25, -0.2) is 9.98 Å². The molecule has 0 heterocycles. The van der Waals surface area contributed by atoms with Gasteiger partial charge in [-0.05, 0) is 44.8 Å². The van der Waals surface area contributed by atoms with Crippen LogP contribution in [0.4, 0.5) is 11.4 Å². The molecule has 0 saturated carbocycles. The van der Waals surface area contributed by atoms with Gasteiger partial charge in [-0.2, -0.15) is 0 Å². The molecule has 0 aliphatic rings. The van der Waals surface area contributed by atoms with Crippen LogP contribution in [0, 0.1) is 0 Å². The van der Waals surface area contributed by atoms with E-state index in [4.69, 9.17) is 30.4 Å². The maximum atomic E-state index is 5.47. The van der Waals surface area contributed by atoms with E-state index in [0.29, 0.717) is 12.7 Å². The Morgan fingerprint density at radius 1 is 0.378 bits per heavy atom. The molecule has 0 radical (unpaired) electrons. The fourth-order valence-corrected chi connectivity index (χ4v) is 6.14. The first-order valence-corrected chi connectivity index (χ1v) is 17.2. The van der Waals surface area contributed by atoms with Gasteiger partial charge in [0.15, 0.2) is 0 Å². The minimum Gasteiger partial charge on any atom is -0.245 e. The van der Waals surface area contributed by atoms with Gasteiger partial charge in [0, 0.05) is 21.9 Å². The van der Waals surface area contributed by atoms with Gasteiger partial charge in [0.25, 0.3) is 0 Å². The van der Waals surface area contributed by atoms with E-state index >= 15 is 0 Å². The molecule has 0 bridgehead atoms. The molecular formula is C40H26Cl2N2Ni. The average molecular weight is 664 g/mol. The van der Waals surface area contributed by atoms with Gasteiger partial charge < -0.3 is 0 Å². The van der Waals surface area contributed by atoms with Gasteiger partial charge in [0.1, 0.15) is 0 Å². The summed E-state index contributed by atoms with van der Waals surface area (Å²) in [5.74, 6) is 0. The van der Waals surface area contributed by atoms with Crippen LogP contribution < -0.4 is 10.7 Å². The van der Waals surface area contributed by atoms with E-state index in [1.54, 1.807) is 0 Å². The topological polar surface area (TPSA) is 24.7 Å². The Morgan fingerprint density at radius 3 is 1.18 bits per heavy atom. The molecule has 0 aliphatic heterocycles. The summed E-state index contributed by atoms with van der Waals surface area (Å²) in [5, 5.41) is 8.87. The normalized spacial score (nSPS) is 12.2. The van der Waals surface area contributed by atoms with Gasteiger partial charge in [0.05, 0.1) is 22.1 Å². The van der Waals surface area contributed by atoms with Crippen molar-refractivity contribution in [1.29, 1.82) is 0 Å². The fraction of sp³-hybridized carbons (Fsp3) is 0. The van der Waals surface area contributed by atoms with Crippen molar-refractivity contribution in [3.05, 3.63) is 168 Å². The van der Waals surface area contributed by atoms with Crippen molar-refractivity contribution in [3.8, 4) is 22.3 Å². The van der Waals surface area contributed by atoms with Crippen LogP contribution in [0.1, 0.15) is 0 Å². The van der Waals surface area contributed by atoms with Gasteiger partial charge in [-0.1, -0.05) is 146 Å². The first kappa shape index (κ1) is 29.2. The molecule has 0 unspecified atom stereocenters. The van der Waals surface area contributed by atoms with Crippen LogP contribution in [0.5, 0.6) is 0 Å². The second-order valence-electron chi connectivity index (χ2n) is 10.6. The second kappa shape index (κ2) is 13.2. The molecule has 8 aromatic rings. The zero-order valence-electron chi connectivity index (χ0n) is 24.0. The summed E-state index contributed by atoms with van der Waals surface area (Å²) >= 11 is 0.569. The Morgan fingerprint density at radius 2 is 0.756 bits per heavy atom. The van der Waals surface area contributed by atoms with Gasteiger partial charge >= 0.3 is 33.0 Å². The van der Waals surface area contributed by atoms with Crippen LogP contribution in [0.25, 0.3) is 54.6 Å². The van der Waals surface area contributed by atoms with Crippen molar-refractivity contribution < 1.29 is 12.7 Å². The number of hydrogen-bond donors (Lipinski definition) is 0. The standard InChI is InChI=1S/C40H26N2.2ClH.Ni/c1-3-13-27(14-4-1)31-19-7-9-23-35(31)41-39-33-21-11-17-29-25-26-30-18-12-22-34(38(30)37(29)33)40(39)42-36-24-10-8-20-32(36)28-15-5-2-6-16-28;;;/h1-26H;2*1H;/q;;;+2/p-2. The van der Waals surface area contributed by atoms with E-state index in [0.717, 1.165) is 55.1 Å². The molecule has 0 spiro atoms. The average Bonchev–Trinajstić information content (AvgIpc) is 3.10. The zero-order chi connectivity index (χ0) is 30.6.